The van der Waals surface area contributed by atoms with Gasteiger partial charge in [0.25, 0.3) is 17.5 Å². The van der Waals surface area contributed by atoms with Gasteiger partial charge in [0.15, 0.2) is 0 Å². The Bertz CT molecular complexity index is 929. The van der Waals surface area contributed by atoms with Crippen molar-refractivity contribution in [1.82, 2.24) is 10.2 Å². The smallest absolute Gasteiger partial charge is 0.543 e. The van der Waals surface area contributed by atoms with Crippen LogP contribution in [-0.2, 0) is 28.7 Å². The van der Waals surface area contributed by atoms with Gasteiger partial charge < -0.3 is 24.7 Å². The number of esters is 1. The zero-order valence-corrected chi connectivity index (χ0v) is 19.9. The zero-order valence-electron chi connectivity index (χ0n) is 17.0. The SMILES string of the molecule is CO[C@]1(NC(=O)C(F)c2ccccc2)C(=O)N2C(C(=O)[O-])=C(COC(C)=O)CS[C@@H]21.[Na+]. The Hall–Kier alpha value is -1.92. The molecule has 2 heterocycles. The van der Waals surface area contributed by atoms with Crippen molar-refractivity contribution >= 4 is 35.5 Å². The predicted octanol–water partition coefficient (Wildman–Crippen LogP) is -3.36. The van der Waals surface area contributed by atoms with E-state index in [1.807, 2.05) is 0 Å². The number of thioether (sulfide) groups is 1. The van der Waals surface area contributed by atoms with Crippen LogP contribution in [0.5, 0.6) is 0 Å². The fraction of sp³-hybridized carbons (Fsp3) is 0.368. The van der Waals surface area contributed by atoms with Crippen LogP contribution in [-0.4, -0.2) is 59.2 Å². The van der Waals surface area contributed by atoms with Crippen LogP contribution in [0.15, 0.2) is 41.6 Å². The molecule has 0 aliphatic carbocycles. The fourth-order valence-electron chi connectivity index (χ4n) is 3.25. The summed E-state index contributed by atoms with van der Waals surface area (Å²) in [4.78, 5) is 48.9. The number of halogens is 1. The number of aliphatic carboxylic acids is 1. The number of rotatable bonds is 7. The van der Waals surface area contributed by atoms with Crippen LogP contribution in [0, 0.1) is 0 Å². The van der Waals surface area contributed by atoms with E-state index in [1.54, 1.807) is 18.2 Å². The van der Waals surface area contributed by atoms with Gasteiger partial charge in [-0.2, -0.15) is 0 Å². The van der Waals surface area contributed by atoms with Crippen molar-refractivity contribution in [2.24, 2.45) is 0 Å². The maximum Gasteiger partial charge on any atom is 1.00 e. The Morgan fingerprint density at radius 1 is 1.35 bits per heavy atom. The number of carboxylic acid groups (broad SMARTS) is 1. The van der Waals surface area contributed by atoms with E-state index in [4.69, 9.17) is 9.47 Å². The Morgan fingerprint density at radius 2 is 2.00 bits per heavy atom. The number of nitrogens with one attached hydrogen (secondary N) is 1. The molecule has 3 atom stereocenters. The van der Waals surface area contributed by atoms with Gasteiger partial charge in [0.2, 0.25) is 6.17 Å². The molecule has 0 saturated carbocycles. The molecule has 2 amide bonds. The zero-order chi connectivity index (χ0) is 22.1. The summed E-state index contributed by atoms with van der Waals surface area (Å²) < 4.78 is 24.7. The topological polar surface area (TPSA) is 125 Å². The van der Waals surface area contributed by atoms with E-state index < -0.39 is 46.7 Å². The van der Waals surface area contributed by atoms with E-state index >= 15 is 0 Å². The van der Waals surface area contributed by atoms with Crippen molar-refractivity contribution in [1.29, 1.82) is 0 Å². The number of hydrogen-bond donors (Lipinski definition) is 1. The number of benzene rings is 1. The second kappa shape index (κ2) is 10.1. The summed E-state index contributed by atoms with van der Waals surface area (Å²) in [5.74, 6) is -4.17. The summed E-state index contributed by atoms with van der Waals surface area (Å²) in [5, 5.41) is 13.0. The Morgan fingerprint density at radius 3 is 2.55 bits per heavy atom. The second-order valence-corrected chi connectivity index (χ2v) is 7.63. The molecule has 1 aromatic carbocycles. The molecule has 9 nitrogen and oxygen atoms in total. The van der Waals surface area contributed by atoms with Gasteiger partial charge in [-0.1, -0.05) is 30.3 Å². The predicted molar refractivity (Wildman–Crippen MR) is 99.9 cm³/mol. The van der Waals surface area contributed by atoms with Gasteiger partial charge in [0, 0.05) is 25.4 Å². The van der Waals surface area contributed by atoms with Crippen molar-refractivity contribution in [3.8, 4) is 0 Å². The number of carbonyl (C=O) groups excluding carboxylic acids is 4. The number of fused-ring (bicyclic) bond motifs is 1. The molecule has 0 radical (unpaired) electrons. The van der Waals surface area contributed by atoms with Gasteiger partial charge in [0.1, 0.15) is 12.0 Å². The molecule has 2 aliphatic heterocycles. The number of alkyl halides is 1. The van der Waals surface area contributed by atoms with E-state index in [-0.39, 0.29) is 53.1 Å². The van der Waals surface area contributed by atoms with Gasteiger partial charge in [-0.05, 0) is 5.56 Å². The third-order valence-corrected chi connectivity index (χ3v) is 6.08. The van der Waals surface area contributed by atoms with Gasteiger partial charge in [-0.15, -0.1) is 11.8 Å². The molecule has 12 heteroatoms. The third-order valence-electron chi connectivity index (χ3n) is 4.71. The molecule has 3 rings (SSSR count). The van der Waals surface area contributed by atoms with Crippen molar-refractivity contribution < 1.29 is 67.7 Å². The molecular formula is C19H18FN2NaO7S. The number of methoxy groups -OCH3 is 1. The van der Waals surface area contributed by atoms with E-state index in [2.05, 4.69) is 5.32 Å². The third kappa shape index (κ3) is 4.65. The molecule has 1 aromatic rings. The second-order valence-electron chi connectivity index (χ2n) is 6.56. The molecule has 0 bridgehead atoms. The summed E-state index contributed by atoms with van der Waals surface area (Å²) in [6, 6.07) is 7.64. The molecule has 160 valence electrons. The monoisotopic (exact) mass is 460 g/mol. The number of β-lactam (4-membered cyclic amide) rings is 1. The van der Waals surface area contributed by atoms with Crippen LogP contribution in [0.3, 0.4) is 0 Å². The van der Waals surface area contributed by atoms with E-state index in [0.717, 1.165) is 23.8 Å². The van der Waals surface area contributed by atoms with Gasteiger partial charge in [0.05, 0.1) is 11.7 Å². The number of nitrogens with zero attached hydrogens (tertiary/aromatic N) is 1. The molecule has 0 aromatic heterocycles. The standard InChI is InChI=1S/C19H19FN2O7S.Na/c1-10(23)29-8-12-9-30-18-19(28-2,17(27)22(18)14(12)16(25)26)21-15(24)13(20)11-6-4-3-5-7-11;/h3-7,13,18H,8-9H2,1-2H3,(H,21,24)(H,25,26);/q;+1/p-1/t13?,18-,19-;/m1./s1. The van der Waals surface area contributed by atoms with Gasteiger partial charge in [-0.25, -0.2) is 4.39 Å². The first-order valence-electron chi connectivity index (χ1n) is 8.81. The van der Waals surface area contributed by atoms with Gasteiger partial charge >= 0.3 is 35.5 Å². The molecule has 1 fully saturated rings. The summed E-state index contributed by atoms with van der Waals surface area (Å²) in [6.07, 6.45) is -2.05. The molecule has 0 spiro atoms. The Labute approximate surface area is 203 Å². The normalized spacial score (nSPS) is 23.1. The van der Waals surface area contributed by atoms with E-state index in [1.165, 1.54) is 19.1 Å². The quantitative estimate of drug-likeness (QED) is 0.194. The largest absolute Gasteiger partial charge is 1.00 e. The molecule has 1 saturated heterocycles. The summed E-state index contributed by atoms with van der Waals surface area (Å²) in [5.41, 5.74) is -2.12. The Balaban J connectivity index is 0.00000341. The minimum atomic E-state index is -2.05. The van der Waals surface area contributed by atoms with Crippen LogP contribution < -0.4 is 40.0 Å². The summed E-state index contributed by atoms with van der Waals surface area (Å²) in [6.45, 7) is 0.841. The molecule has 31 heavy (non-hydrogen) atoms. The fourth-order valence-corrected chi connectivity index (χ4v) is 4.67. The van der Waals surface area contributed by atoms with E-state index in [9.17, 15) is 28.7 Å². The summed E-state index contributed by atoms with van der Waals surface area (Å²) in [7, 11) is 1.16. The van der Waals surface area contributed by atoms with Crippen LogP contribution in [0.25, 0.3) is 0 Å². The first kappa shape index (κ1) is 25.3. The van der Waals surface area contributed by atoms with Crippen LogP contribution in [0.1, 0.15) is 18.7 Å². The van der Waals surface area contributed by atoms with Crippen LogP contribution >= 0.6 is 11.8 Å². The number of carboxylic acids is 1. The molecule has 1 unspecified atom stereocenters. The molecule has 1 N–H and O–H groups in total. The maximum atomic E-state index is 14.6. The number of carbonyl (C=O) groups is 4. The van der Waals surface area contributed by atoms with Crippen LogP contribution in [0.4, 0.5) is 4.39 Å². The van der Waals surface area contributed by atoms with Gasteiger partial charge in [-0.3, -0.25) is 19.3 Å². The molecular weight excluding hydrogens is 442 g/mol. The average molecular weight is 460 g/mol. The number of ether oxygens (including phenoxy) is 2. The average Bonchev–Trinajstić information content (AvgIpc) is 2.74. The van der Waals surface area contributed by atoms with Crippen molar-refractivity contribution in [2.75, 3.05) is 19.5 Å². The van der Waals surface area contributed by atoms with Crippen molar-refractivity contribution in [2.45, 2.75) is 24.2 Å². The first-order valence-corrected chi connectivity index (χ1v) is 9.86. The minimum absolute atomic E-state index is 0. The van der Waals surface area contributed by atoms with E-state index in [0.29, 0.717) is 0 Å². The van der Waals surface area contributed by atoms with Crippen molar-refractivity contribution in [3.05, 3.63) is 47.2 Å². The number of amides is 2. The minimum Gasteiger partial charge on any atom is -0.543 e. The summed E-state index contributed by atoms with van der Waals surface area (Å²) >= 11 is 1.08. The number of hydrogen-bond acceptors (Lipinski definition) is 8. The van der Waals surface area contributed by atoms with Crippen molar-refractivity contribution in [3.63, 3.8) is 0 Å². The Kier molecular flexibility index (Phi) is 8.28. The van der Waals surface area contributed by atoms with Crippen LogP contribution in [0.2, 0.25) is 0 Å². The molecule has 2 aliphatic rings. The maximum absolute atomic E-state index is 14.6. The first-order chi connectivity index (χ1) is 14.2.